The van der Waals surface area contributed by atoms with E-state index in [0.29, 0.717) is 6.42 Å². The van der Waals surface area contributed by atoms with Crippen molar-refractivity contribution in [3.63, 3.8) is 0 Å². The van der Waals surface area contributed by atoms with E-state index >= 15 is 0 Å². The molecule has 4 rings (SSSR count). The van der Waals surface area contributed by atoms with Crippen molar-refractivity contribution in [2.24, 2.45) is 0 Å². The molecule has 1 heterocycles. The van der Waals surface area contributed by atoms with E-state index in [4.69, 9.17) is 4.74 Å². The number of benzene rings is 1. The lowest BCUT2D eigenvalue weighted by Gasteiger charge is -2.26. The van der Waals surface area contributed by atoms with E-state index in [1.165, 1.54) is 53.6 Å². The number of halogens is 1. The summed E-state index contributed by atoms with van der Waals surface area (Å²) in [6.45, 7) is 4.32. The van der Waals surface area contributed by atoms with E-state index in [1.54, 1.807) is 0 Å². The van der Waals surface area contributed by atoms with E-state index < -0.39 is 0 Å². The summed E-state index contributed by atoms with van der Waals surface area (Å²) in [4.78, 5) is 14.8. The fourth-order valence-corrected chi connectivity index (χ4v) is 4.25. The highest BCUT2D eigenvalue weighted by atomic mass is 35.5. The number of hydrogen-bond acceptors (Lipinski definition) is 3. The van der Waals surface area contributed by atoms with E-state index in [0.717, 1.165) is 45.7 Å². The van der Waals surface area contributed by atoms with Crippen LogP contribution in [0.1, 0.15) is 41.5 Å². The average molecular weight is 351 g/mol. The smallest absolute Gasteiger partial charge is 0.225 e. The lowest BCUT2D eigenvalue weighted by molar-refractivity contribution is -0.116. The SMILES string of the molecule is Cl.O=C(CCN1CCOCC1)Nc1c2c(cc3c1CCC3)CCC2. The first-order valence-corrected chi connectivity index (χ1v) is 9.08. The number of nitrogens with one attached hydrogen (secondary N) is 1. The number of aryl methyl sites for hydroxylation is 2. The predicted molar refractivity (Wildman–Crippen MR) is 98.2 cm³/mol. The Hall–Kier alpha value is -1.10. The molecule has 1 aliphatic heterocycles. The summed E-state index contributed by atoms with van der Waals surface area (Å²) in [5.74, 6) is 0.172. The molecule has 5 heteroatoms. The lowest BCUT2D eigenvalue weighted by atomic mass is 9.98. The molecular formula is C19H27ClN2O2. The van der Waals surface area contributed by atoms with Crippen molar-refractivity contribution in [2.75, 3.05) is 38.2 Å². The van der Waals surface area contributed by atoms with Crippen LogP contribution in [0.25, 0.3) is 0 Å². The van der Waals surface area contributed by atoms with E-state index in [-0.39, 0.29) is 18.3 Å². The zero-order valence-corrected chi connectivity index (χ0v) is 15.1. The van der Waals surface area contributed by atoms with Crippen LogP contribution in [0.4, 0.5) is 5.69 Å². The number of hydrogen-bond donors (Lipinski definition) is 1. The highest BCUT2D eigenvalue weighted by molar-refractivity contribution is 5.93. The number of carbonyl (C=O) groups is 1. The van der Waals surface area contributed by atoms with Crippen molar-refractivity contribution in [2.45, 2.75) is 44.9 Å². The molecule has 0 aromatic heterocycles. The molecular weight excluding hydrogens is 324 g/mol. The molecule has 132 valence electrons. The summed E-state index contributed by atoms with van der Waals surface area (Å²) in [5.41, 5.74) is 6.98. The average Bonchev–Trinajstić information content (AvgIpc) is 3.22. The number of anilines is 1. The van der Waals surface area contributed by atoms with Gasteiger partial charge in [0, 0.05) is 31.7 Å². The molecule has 1 aromatic rings. The van der Waals surface area contributed by atoms with Gasteiger partial charge in [-0.1, -0.05) is 6.07 Å². The van der Waals surface area contributed by atoms with Gasteiger partial charge in [0.2, 0.25) is 5.91 Å². The summed E-state index contributed by atoms with van der Waals surface area (Å²) >= 11 is 0. The first kappa shape index (κ1) is 17.7. The number of amides is 1. The van der Waals surface area contributed by atoms with Crippen molar-refractivity contribution in [3.8, 4) is 0 Å². The molecule has 4 nitrogen and oxygen atoms in total. The van der Waals surface area contributed by atoms with Crippen LogP contribution in [-0.2, 0) is 35.2 Å². The van der Waals surface area contributed by atoms with Crippen LogP contribution in [0.15, 0.2) is 6.07 Å². The highest BCUT2D eigenvalue weighted by Crippen LogP contribution is 2.38. The molecule has 0 atom stereocenters. The summed E-state index contributed by atoms with van der Waals surface area (Å²) in [7, 11) is 0. The third-order valence-electron chi connectivity index (χ3n) is 5.50. The zero-order valence-electron chi connectivity index (χ0n) is 14.2. The quantitative estimate of drug-likeness (QED) is 0.907. The van der Waals surface area contributed by atoms with Gasteiger partial charge in [-0.05, 0) is 60.8 Å². The van der Waals surface area contributed by atoms with Crippen molar-refractivity contribution in [3.05, 3.63) is 28.3 Å². The number of rotatable bonds is 4. The van der Waals surface area contributed by atoms with Crippen LogP contribution < -0.4 is 5.32 Å². The molecule has 0 bridgehead atoms. The lowest BCUT2D eigenvalue weighted by Crippen LogP contribution is -2.38. The number of carbonyl (C=O) groups excluding carboxylic acids is 1. The second-order valence-electron chi connectivity index (χ2n) is 6.99. The second kappa shape index (κ2) is 7.85. The first-order valence-electron chi connectivity index (χ1n) is 9.08. The third kappa shape index (κ3) is 3.61. The minimum absolute atomic E-state index is 0. The van der Waals surface area contributed by atoms with Crippen LogP contribution in [-0.4, -0.2) is 43.7 Å². The fourth-order valence-electron chi connectivity index (χ4n) is 4.25. The molecule has 1 fully saturated rings. The van der Waals surface area contributed by atoms with Gasteiger partial charge in [-0.15, -0.1) is 12.4 Å². The summed E-state index contributed by atoms with van der Waals surface area (Å²) in [6, 6.07) is 2.41. The monoisotopic (exact) mass is 350 g/mol. The third-order valence-corrected chi connectivity index (χ3v) is 5.50. The van der Waals surface area contributed by atoms with Crippen molar-refractivity contribution in [1.82, 2.24) is 4.90 Å². The summed E-state index contributed by atoms with van der Waals surface area (Å²) < 4.78 is 5.36. The second-order valence-corrected chi connectivity index (χ2v) is 6.99. The van der Waals surface area contributed by atoms with E-state index in [2.05, 4.69) is 16.3 Å². The Balaban J connectivity index is 0.00000169. The van der Waals surface area contributed by atoms with E-state index in [1.807, 2.05) is 0 Å². The Bertz CT molecular complexity index is 580. The molecule has 1 aromatic carbocycles. The minimum Gasteiger partial charge on any atom is -0.379 e. The molecule has 0 unspecified atom stereocenters. The van der Waals surface area contributed by atoms with Gasteiger partial charge in [0.15, 0.2) is 0 Å². The maximum Gasteiger partial charge on any atom is 0.225 e. The van der Waals surface area contributed by atoms with Gasteiger partial charge >= 0.3 is 0 Å². The van der Waals surface area contributed by atoms with Crippen LogP contribution in [0, 0.1) is 0 Å². The topological polar surface area (TPSA) is 41.6 Å². The van der Waals surface area contributed by atoms with Gasteiger partial charge in [-0.25, -0.2) is 0 Å². The van der Waals surface area contributed by atoms with Crippen LogP contribution >= 0.6 is 12.4 Å². The Morgan fingerprint density at radius 3 is 2.29 bits per heavy atom. The molecule has 1 N–H and O–H groups in total. The molecule has 0 spiro atoms. The molecule has 3 aliphatic rings. The largest absolute Gasteiger partial charge is 0.379 e. The standard InChI is InChI=1S/C19H26N2O2.ClH/c22-18(7-8-21-9-11-23-12-10-21)20-19-16-5-1-3-14(16)13-15-4-2-6-17(15)19;/h13H,1-12H2,(H,20,22);1H. The molecule has 1 amide bonds. The molecule has 2 aliphatic carbocycles. The van der Waals surface area contributed by atoms with Gasteiger partial charge in [-0.3, -0.25) is 9.69 Å². The van der Waals surface area contributed by atoms with E-state index in [9.17, 15) is 4.79 Å². The van der Waals surface area contributed by atoms with Gasteiger partial charge in [0.25, 0.3) is 0 Å². The van der Waals surface area contributed by atoms with Crippen LogP contribution in [0.5, 0.6) is 0 Å². The first-order chi connectivity index (χ1) is 11.3. The number of morpholine rings is 1. The Labute approximate surface area is 150 Å². The zero-order chi connectivity index (χ0) is 15.6. The summed E-state index contributed by atoms with van der Waals surface area (Å²) in [6.07, 6.45) is 7.66. The van der Waals surface area contributed by atoms with Crippen molar-refractivity contribution >= 4 is 24.0 Å². The normalized spacial score (nSPS) is 19.5. The van der Waals surface area contributed by atoms with Crippen LogP contribution in [0.2, 0.25) is 0 Å². The van der Waals surface area contributed by atoms with Gasteiger partial charge in [0.05, 0.1) is 13.2 Å². The number of nitrogens with zero attached hydrogens (tertiary/aromatic N) is 1. The van der Waals surface area contributed by atoms with Crippen molar-refractivity contribution in [1.29, 1.82) is 0 Å². The molecule has 24 heavy (non-hydrogen) atoms. The van der Waals surface area contributed by atoms with Crippen LogP contribution in [0.3, 0.4) is 0 Å². The predicted octanol–water partition coefficient (Wildman–Crippen LogP) is 2.75. The Morgan fingerprint density at radius 2 is 1.67 bits per heavy atom. The van der Waals surface area contributed by atoms with Gasteiger partial charge in [0.1, 0.15) is 0 Å². The number of fused-ring (bicyclic) bond motifs is 2. The molecule has 1 saturated heterocycles. The summed E-state index contributed by atoms with van der Waals surface area (Å²) in [5, 5.41) is 3.29. The molecule has 0 radical (unpaired) electrons. The maximum atomic E-state index is 12.5. The minimum atomic E-state index is 0. The molecule has 0 saturated carbocycles. The van der Waals surface area contributed by atoms with Crippen molar-refractivity contribution < 1.29 is 9.53 Å². The maximum absolute atomic E-state index is 12.5. The number of ether oxygens (including phenoxy) is 1. The Morgan fingerprint density at radius 1 is 1.04 bits per heavy atom. The Kier molecular flexibility index (Phi) is 5.80. The van der Waals surface area contributed by atoms with Gasteiger partial charge in [-0.2, -0.15) is 0 Å². The fraction of sp³-hybridized carbons (Fsp3) is 0.632. The highest BCUT2D eigenvalue weighted by Gasteiger charge is 2.25. The van der Waals surface area contributed by atoms with Gasteiger partial charge < -0.3 is 10.1 Å².